The Bertz CT molecular complexity index is 389. The van der Waals surface area contributed by atoms with Crippen LogP contribution in [-0.2, 0) is 9.53 Å². The largest absolute Gasteiger partial charge is 0.497 e. The molecule has 92 valence electrons. The Morgan fingerprint density at radius 1 is 1.24 bits per heavy atom. The Kier molecular flexibility index (Phi) is 5.79. The SMILES string of the molecule is COC(=O)CSC(=S)Oc1ccc(OC)cc1. The molecule has 0 bridgehead atoms. The third-order valence-electron chi connectivity index (χ3n) is 1.80. The molecule has 0 heterocycles. The molecule has 1 aromatic carbocycles. The maximum Gasteiger partial charge on any atom is 0.316 e. The van der Waals surface area contributed by atoms with Gasteiger partial charge in [-0.3, -0.25) is 4.79 Å². The van der Waals surface area contributed by atoms with Gasteiger partial charge in [-0.1, -0.05) is 11.8 Å². The number of carbonyl (C=O) groups excluding carboxylic acids is 1. The van der Waals surface area contributed by atoms with Crippen molar-refractivity contribution in [2.45, 2.75) is 0 Å². The zero-order valence-corrected chi connectivity index (χ0v) is 11.1. The number of ether oxygens (including phenoxy) is 3. The Labute approximate surface area is 109 Å². The quantitative estimate of drug-likeness (QED) is 0.619. The van der Waals surface area contributed by atoms with Crippen molar-refractivity contribution in [3.05, 3.63) is 24.3 Å². The lowest BCUT2D eigenvalue weighted by Gasteiger charge is -2.06. The topological polar surface area (TPSA) is 44.8 Å². The van der Waals surface area contributed by atoms with E-state index in [1.807, 2.05) is 0 Å². The molecule has 0 aromatic heterocycles. The van der Waals surface area contributed by atoms with Gasteiger partial charge in [0.1, 0.15) is 11.5 Å². The average molecular weight is 272 g/mol. The summed E-state index contributed by atoms with van der Waals surface area (Å²) in [7, 11) is 2.92. The fraction of sp³-hybridized carbons (Fsp3) is 0.273. The molecule has 1 rings (SSSR count). The van der Waals surface area contributed by atoms with Crippen molar-refractivity contribution in [1.29, 1.82) is 0 Å². The van der Waals surface area contributed by atoms with Crippen LogP contribution in [-0.4, -0.2) is 30.3 Å². The number of esters is 1. The van der Waals surface area contributed by atoms with E-state index < -0.39 is 0 Å². The van der Waals surface area contributed by atoms with Crippen molar-refractivity contribution in [2.75, 3.05) is 20.0 Å². The lowest BCUT2D eigenvalue weighted by Crippen LogP contribution is -2.08. The zero-order valence-electron chi connectivity index (χ0n) is 9.47. The molecule has 0 amide bonds. The highest BCUT2D eigenvalue weighted by Crippen LogP contribution is 2.19. The highest BCUT2D eigenvalue weighted by Gasteiger charge is 2.06. The molecule has 0 aliphatic rings. The van der Waals surface area contributed by atoms with Gasteiger partial charge >= 0.3 is 5.97 Å². The number of thioether (sulfide) groups is 1. The predicted molar refractivity (Wildman–Crippen MR) is 70.7 cm³/mol. The first kappa shape index (κ1) is 13.8. The molecule has 1 aromatic rings. The van der Waals surface area contributed by atoms with Crippen molar-refractivity contribution < 1.29 is 19.0 Å². The summed E-state index contributed by atoms with van der Waals surface area (Å²) in [6, 6.07) is 7.01. The smallest absolute Gasteiger partial charge is 0.316 e. The van der Waals surface area contributed by atoms with Crippen LogP contribution >= 0.6 is 24.0 Å². The van der Waals surface area contributed by atoms with Gasteiger partial charge in [0.15, 0.2) is 0 Å². The number of rotatable bonds is 4. The van der Waals surface area contributed by atoms with Gasteiger partial charge in [-0.05, 0) is 36.5 Å². The molecular weight excluding hydrogens is 260 g/mol. The minimum atomic E-state index is -0.337. The number of carbonyl (C=O) groups is 1. The second kappa shape index (κ2) is 7.13. The van der Waals surface area contributed by atoms with Gasteiger partial charge in [-0.25, -0.2) is 0 Å². The van der Waals surface area contributed by atoms with Crippen LogP contribution in [0.4, 0.5) is 0 Å². The van der Waals surface area contributed by atoms with E-state index in [0.717, 1.165) is 17.5 Å². The van der Waals surface area contributed by atoms with Crippen molar-refractivity contribution >= 4 is 34.3 Å². The molecular formula is C11H12O4S2. The van der Waals surface area contributed by atoms with E-state index in [1.54, 1.807) is 31.4 Å². The summed E-state index contributed by atoms with van der Waals surface area (Å²) in [6.07, 6.45) is 0. The predicted octanol–water partition coefficient (Wildman–Crippen LogP) is 2.27. The molecule has 0 radical (unpaired) electrons. The van der Waals surface area contributed by atoms with E-state index >= 15 is 0 Å². The highest BCUT2D eigenvalue weighted by molar-refractivity contribution is 8.23. The van der Waals surface area contributed by atoms with Crippen molar-refractivity contribution in [3.8, 4) is 11.5 Å². The maximum atomic E-state index is 10.9. The van der Waals surface area contributed by atoms with Gasteiger partial charge < -0.3 is 14.2 Å². The zero-order chi connectivity index (χ0) is 12.7. The summed E-state index contributed by atoms with van der Waals surface area (Å²) in [5, 5.41) is 0. The standard InChI is InChI=1S/C11H12O4S2/c1-13-8-3-5-9(6-4-8)15-11(16)17-7-10(12)14-2/h3-6H,7H2,1-2H3. The van der Waals surface area contributed by atoms with E-state index in [0.29, 0.717) is 5.75 Å². The Hall–Kier alpha value is -1.27. The van der Waals surface area contributed by atoms with Crippen LogP contribution < -0.4 is 9.47 Å². The van der Waals surface area contributed by atoms with Crippen LogP contribution in [0, 0.1) is 0 Å². The van der Waals surface area contributed by atoms with E-state index in [-0.39, 0.29) is 16.1 Å². The summed E-state index contributed by atoms with van der Waals surface area (Å²) < 4.78 is 15.1. The maximum absolute atomic E-state index is 10.9. The van der Waals surface area contributed by atoms with Crippen LogP contribution in [0.15, 0.2) is 24.3 Å². The van der Waals surface area contributed by atoms with Gasteiger partial charge in [-0.2, -0.15) is 0 Å². The molecule has 6 heteroatoms. The Balaban J connectivity index is 2.42. The van der Waals surface area contributed by atoms with Gasteiger partial charge in [-0.15, -0.1) is 0 Å². The van der Waals surface area contributed by atoms with Crippen molar-refractivity contribution in [3.63, 3.8) is 0 Å². The number of methoxy groups -OCH3 is 2. The number of hydrogen-bond donors (Lipinski definition) is 0. The first-order valence-corrected chi connectivity index (χ1v) is 6.10. The summed E-state index contributed by atoms with van der Waals surface area (Å²) in [5.41, 5.74) is 0. The molecule has 0 fully saturated rings. The van der Waals surface area contributed by atoms with Crippen molar-refractivity contribution in [2.24, 2.45) is 0 Å². The molecule has 0 unspecified atom stereocenters. The molecule has 0 saturated carbocycles. The summed E-state index contributed by atoms with van der Waals surface area (Å²) in [5.74, 6) is 1.15. The normalized spacial score (nSPS) is 9.53. The highest BCUT2D eigenvalue weighted by atomic mass is 32.2. The number of thiocarbonyl (C=S) groups is 1. The third-order valence-corrected chi connectivity index (χ3v) is 2.93. The first-order chi connectivity index (χ1) is 8.15. The summed E-state index contributed by atoms with van der Waals surface area (Å²) in [6.45, 7) is 0. The molecule has 0 N–H and O–H groups in total. The molecule has 0 aliphatic heterocycles. The fourth-order valence-corrected chi connectivity index (χ4v) is 1.73. The van der Waals surface area contributed by atoms with Gasteiger partial charge in [0.05, 0.1) is 20.0 Å². The van der Waals surface area contributed by atoms with Crippen LogP contribution in [0.3, 0.4) is 0 Å². The van der Waals surface area contributed by atoms with Crippen molar-refractivity contribution in [1.82, 2.24) is 0 Å². The molecule has 0 atom stereocenters. The van der Waals surface area contributed by atoms with E-state index in [1.165, 1.54) is 7.11 Å². The average Bonchev–Trinajstić information content (AvgIpc) is 2.36. The summed E-state index contributed by atoms with van der Waals surface area (Å²) >= 11 is 6.08. The molecule has 0 spiro atoms. The van der Waals surface area contributed by atoms with E-state index in [9.17, 15) is 4.79 Å². The van der Waals surface area contributed by atoms with Crippen LogP contribution in [0.2, 0.25) is 0 Å². The van der Waals surface area contributed by atoms with Gasteiger partial charge in [0.2, 0.25) is 4.38 Å². The minimum Gasteiger partial charge on any atom is -0.497 e. The molecule has 17 heavy (non-hydrogen) atoms. The second-order valence-corrected chi connectivity index (χ2v) is 4.47. The van der Waals surface area contributed by atoms with Gasteiger partial charge in [0.25, 0.3) is 0 Å². The lowest BCUT2D eigenvalue weighted by molar-refractivity contribution is -0.137. The first-order valence-electron chi connectivity index (χ1n) is 4.71. The van der Waals surface area contributed by atoms with E-state index in [4.69, 9.17) is 21.7 Å². The van der Waals surface area contributed by atoms with Crippen LogP contribution in [0.1, 0.15) is 0 Å². The van der Waals surface area contributed by atoms with Crippen LogP contribution in [0.5, 0.6) is 11.5 Å². The minimum absolute atomic E-state index is 0.144. The van der Waals surface area contributed by atoms with Crippen LogP contribution in [0.25, 0.3) is 0 Å². The fourth-order valence-electron chi connectivity index (χ4n) is 0.946. The van der Waals surface area contributed by atoms with E-state index in [2.05, 4.69) is 4.74 Å². The summed E-state index contributed by atoms with van der Waals surface area (Å²) in [4.78, 5) is 10.9. The molecule has 4 nitrogen and oxygen atoms in total. The Morgan fingerprint density at radius 3 is 2.35 bits per heavy atom. The lowest BCUT2D eigenvalue weighted by atomic mass is 10.3. The number of hydrogen-bond acceptors (Lipinski definition) is 6. The molecule has 0 aliphatic carbocycles. The Morgan fingerprint density at radius 2 is 1.82 bits per heavy atom. The monoisotopic (exact) mass is 272 g/mol. The molecule has 0 saturated heterocycles. The second-order valence-electron chi connectivity index (χ2n) is 2.89. The number of benzene rings is 1. The van der Waals surface area contributed by atoms with Gasteiger partial charge in [0, 0.05) is 0 Å². The third kappa shape index (κ3) is 5.06.